The highest BCUT2D eigenvalue weighted by Gasteiger charge is 2.18. The molecule has 0 bridgehead atoms. The summed E-state index contributed by atoms with van der Waals surface area (Å²) >= 11 is 4.05. The monoisotopic (exact) mass is 348 g/mol. The number of aliphatic hydroxyl groups is 1. The van der Waals surface area contributed by atoms with Gasteiger partial charge in [0.1, 0.15) is 11.3 Å². The number of amides is 2. The fourth-order valence-corrected chi connectivity index (χ4v) is 2.59. The van der Waals surface area contributed by atoms with E-state index in [1.807, 2.05) is 19.1 Å². The number of nitrogens with one attached hydrogen (secondary N) is 1. The first-order valence-corrected chi connectivity index (χ1v) is 8.31. The molecule has 128 valence electrons. The fraction of sp³-hybridized carbons (Fsp3) is 0.467. The van der Waals surface area contributed by atoms with Gasteiger partial charge in [-0.05, 0) is 31.9 Å². The maximum atomic E-state index is 11.8. The Hall–Kier alpha value is -2.13. The highest BCUT2D eigenvalue weighted by atomic mass is 32.1. The first-order valence-electron chi connectivity index (χ1n) is 7.91. The molecule has 0 atom stereocenters. The molecular formula is C15H20N6O2S. The first kappa shape index (κ1) is 16.7. The van der Waals surface area contributed by atoms with Crippen LogP contribution in [0, 0.1) is 0 Å². The quantitative estimate of drug-likeness (QED) is 0.731. The molecule has 3 rings (SSSR count). The topological polar surface area (TPSA) is 94.5 Å². The number of pyridine rings is 1. The van der Waals surface area contributed by atoms with Crippen molar-refractivity contribution in [1.82, 2.24) is 19.3 Å². The molecule has 0 aromatic carbocycles. The van der Waals surface area contributed by atoms with Crippen LogP contribution < -0.4 is 10.2 Å². The van der Waals surface area contributed by atoms with Crippen LogP contribution >= 0.6 is 12.8 Å². The second-order valence-corrected chi connectivity index (χ2v) is 6.11. The molecule has 2 aromatic heterocycles. The minimum atomic E-state index is -0.365. The van der Waals surface area contributed by atoms with Gasteiger partial charge in [-0.1, -0.05) is 12.8 Å². The number of aliphatic hydroxyl groups excluding tert-OH is 1. The SMILES string of the molecule is CCN(S)C(=O)Nc1cnc2ccc(N3CCC(O)CC3)nc2n1. The zero-order chi connectivity index (χ0) is 17.1. The number of rotatable bonds is 3. The molecule has 0 aliphatic carbocycles. The molecular weight excluding hydrogens is 328 g/mol. The minimum absolute atomic E-state index is 0.231. The van der Waals surface area contributed by atoms with E-state index in [4.69, 9.17) is 0 Å². The van der Waals surface area contributed by atoms with Crippen LogP contribution in [0.1, 0.15) is 19.8 Å². The van der Waals surface area contributed by atoms with Crippen LogP contribution in [0.2, 0.25) is 0 Å². The summed E-state index contributed by atoms with van der Waals surface area (Å²) < 4.78 is 1.24. The lowest BCUT2D eigenvalue weighted by Crippen LogP contribution is -2.36. The number of fused-ring (bicyclic) bond motifs is 1. The minimum Gasteiger partial charge on any atom is -0.393 e. The molecule has 9 heteroatoms. The van der Waals surface area contributed by atoms with Crippen LogP contribution in [-0.4, -0.2) is 56.1 Å². The number of hydrogen-bond acceptors (Lipinski definition) is 7. The average molecular weight is 348 g/mol. The van der Waals surface area contributed by atoms with Gasteiger partial charge in [0, 0.05) is 19.6 Å². The van der Waals surface area contributed by atoms with Crippen molar-refractivity contribution in [2.45, 2.75) is 25.9 Å². The van der Waals surface area contributed by atoms with E-state index >= 15 is 0 Å². The summed E-state index contributed by atoms with van der Waals surface area (Å²) in [6.45, 7) is 3.81. The van der Waals surface area contributed by atoms with E-state index in [0.717, 1.165) is 31.7 Å². The fourth-order valence-electron chi connectivity index (χ4n) is 2.54. The van der Waals surface area contributed by atoms with Gasteiger partial charge in [-0.3, -0.25) is 9.62 Å². The third-order valence-corrected chi connectivity index (χ3v) is 4.41. The van der Waals surface area contributed by atoms with Crippen molar-refractivity contribution in [1.29, 1.82) is 0 Å². The summed E-state index contributed by atoms with van der Waals surface area (Å²) in [6, 6.07) is 3.40. The number of anilines is 2. The standard InChI is InChI=1S/C15H20N6O2S/c1-2-21(24)15(23)18-12-9-16-11-3-4-13(19-14(11)17-12)20-7-5-10(22)6-8-20/h3-4,9-10,22,24H,2,5-8H2,1H3,(H,17,18,19,23). The normalized spacial score (nSPS) is 15.5. The Morgan fingerprint density at radius 1 is 1.42 bits per heavy atom. The van der Waals surface area contributed by atoms with Gasteiger partial charge in [-0.2, -0.15) is 0 Å². The molecule has 0 spiro atoms. The Morgan fingerprint density at radius 3 is 2.88 bits per heavy atom. The van der Waals surface area contributed by atoms with Gasteiger partial charge in [0.25, 0.3) is 0 Å². The van der Waals surface area contributed by atoms with E-state index in [-0.39, 0.29) is 12.1 Å². The van der Waals surface area contributed by atoms with Gasteiger partial charge in [-0.25, -0.2) is 19.7 Å². The third-order valence-electron chi connectivity index (χ3n) is 3.95. The zero-order valence-corrected chi connectivity index (χ0v) is 14.3. The van der Waals surface area contributed by atoms with Crippen molar-refractivity contribution >= 4 is 41.6 Å². The van der Waals surface area contributed by atoms with Gasteiger partial charge >= 0.3 is 6.03 Å². The molecule has 24 heavy (non-hydrogen) atoms. The summed E-state index contributed by atoms with van der Waals surface area (Å²) in [7, 11) is 0. The molecule has 3 heterocycles. The molecule has 1 fully saturated rings. The second-order valence-electron chi connectivity index (χ2n) is 5.63. The predicted octanol–water partition coefficient (Wildman–Crippen LogP) is 1.68. The molecule has 2 N–H and O–H groups in total. The lowest BCUT2D eigenvalue weighted by atomic mass is 10.1. The Kier molecular flexibility index (Phi) is 5.00. The Labute approximate surface area is 145 Å². The summed E-state index contributed by atoms with van der Waals surface area (Å²) in [5.41, 5.74) is 1.13. The molecule has 0 radical (unpaired) electrons. The number of carbonyl (C=O) groups is 1. The molecule has 1 aliphatic heterocycles. The van der Waals surface area contributed by atoms with Crippen LogP contribution in [0.25, 0.3) is 11.2 Å². The van der Waals surface area contributed by atoms with Crippen molar-refractivity contribution in [3.8, 4) is 0 Å². The smallest absolute Gasteiger partial charge is 0.332 e. The molecule has 0 unspecified atom stereocenters. The summed E-state index contributed by atoms with van der Waals surface area (Å²) in [4.78, 5) is 27.1. The van der Waals surface area contributed by atoms with Crippen molar-refractivity contribution < 1.29 is 9.90 Å². The number of thiol groups is 1. The van der Waals surface area contributed by atoms with Crippen LogP contribution in [0.4, 0.5) is 16.4 Å². The van der Waals surface area contributed by atoms with Gasteiger partial charge in [0.15, 0.2) is 11.5 Å². The molecule has 1 aliphatic rings. The lowest BCUT2D eigenvalue weighted by Gasteiger charge is -2.30. The van der Waals surface area contributed by atoms with Gasteiger partial charge in [0.2, 0.25) is 0 Å². The van der Waals surface area contributed by atoms with E-state index < -0.39 is 0 Å². The van der Waals surface area contributed by atoms with Crippen molar-refractivity contribution in [3.63, 3.8) is 0 Å². The average Bonchev–Trinajstić information content (AvgIpc) is 2.61. The Morgan fingerprint density at radius 2 is 2.17 bits per heavy atom. The Bertz CT molecular complexity index is 735. The molecule has 8 nitrogen and oxygen atoms in total. The number of urea groups is 1. The largest absolute Gasteiger partial charge is 0.393 e. The summed E-state index contributed by atoms with van der Waals surface area (Å²) in [6.07, 6.45) is 2.73. The maximum absolute atomic E-state index is 11.8. The maximum Gasteiger partial charge on any atom is 0.332 e. The predicted molar refractivity (Wildman–Crippen MR) is 95.2 cm³/mol. The van der Waals surface area contributed by atoms with Crippen LogP contribution in [0.5, 0.6) is 0 Å². The summed E-state index contributed by atoms with van der Waals surface area (Å²) in [5, 5.41) is 12.3. The summed E-state index contributed by atoms with van der Waals surface area (Å²) in [5.74, 6) is 1.13. The van der Waals surface area contributed by atoms with E-state index in [1.54, 1.807) is 0 Å². The Balaban J connectivity index is 1.81. The number of hydrogen-bond donors (Lipinski definition) is 3. The van der Waals surface area contributed by atoms with Crippen molar-refractivity contribution in [3.05, 3.63) is 18.3 Å². The highest BCUT2D eigenvalue weighted by Crippen LogP contribution is 2.20. The van der Waals surface area contributed by atoms with E-state index in [0.29, 0.717) is 23.5 Å². The van der Waals surface area contributed by atoms with E-state index in [9.17, 15) is 9.90 Å². The van der Waals surface area contributed by atoms with Crippen molar-refractivity contribution in [2.24, 2.45) is 0 Å². The zero-order valence-electron chi connectivity index (χ0n) is 13.4. The molecule has 0 saturated carbocycles. The van der Waals surface area contributed by atoms with Crippen LogP contribution in [-0.2, 0) is 0 Å². The van der Waals surface area contributed by atoms with Gasteiger partial charge < -0.3 is 10.0 Å². The molecule has 2 aromatic rings. The molecule has 1 saturated heterocycles. The van der Waals surface area contributed by atoms with Gasteiger partial charge in [-0.15, -0.1) is 0 Å². The van der Waals surface area contributed by atoms with Crippen LogP contribution in [0.3, 0.4) is 0 Å². The van der Waals surface area contributed by atoms with E-state index in [2.05, 4.69) is 38.0 Å². The lowest BCUT2D eigenvalue weighted by molar-refractivity contribution is 0.145. The number of nitrogens with zero attached hydrogens (tertiary/aromatic N) is 5. The van der Waals surface area contributed by atoms with E-state index in [1.165, 1.54) is 10.5 Å². The number of piperidine rings is 1. The second kappa shape index (κ2) is 7.18. The number of aromatic nitrogens is 3. The number of carbonyl (C=O) groups excluding carboxylic acids is 1. The molecule has 2 amide bonds. The highest BCUT2D eigenvalue weighted by molar-refractivity contribution is 7.78. The first-order chi connectivity index (χ1) is 11.6. The van der Waals surface area contributed by atoms with Crippen molar-refractivity contribution in [2.75, 3.05) is 29.9 Å². The van der Waals surface area contributed by atoms with Gasteiger partial charge in [0.05, 0.1) is 12.3 Å². The van der Waals surface area contributed by atoms with Crippen LogP contribution in [0.15, 0.2) is 18.3 Å². The third kappa shape index (κ3) is 3.68.